The monoisotopic (exact) mass is 274 g/mol. The highest BCUT2D eigenvalue weighted by Gasteiger charge is 2.06. The normalized spacial score (nSPS) is 11.0. The number of rotatable bonds is 3. The molecule has 0 saturated carbocycles. The Balaban J connectivity index is 1.97. The van der Waals surface area contributed by atoms with E-state index < -0.39 is 0 Å². The summed E-state index contributed by atoms with van der Waals surface area (Å²) in [6.07, 6.45) is 3.14. The summed E-state index contributed by atoms with van der Waals surface area (Å²) in [6.45, 7) is 0. The predicted molar refractivity (Wildman–Crippen MR) is 85.4 cm³/mol. The SMILES string of the molecule is O=C(/C=C/c1ccccc1O)c1cccc2ccccc12. The minimum Gasteiger partial charge on any atom is -0.507 e. The maximum absolute atomic E-state index is 12.4. The van der Waals surface area contributed by atoms with Crippen LogP contribution in [0, 0.1) is 0 Å². The van der Waals surface area contributed by atoms with Crippen LogP contribution in [0.3, 0.4) is 0 Å². The second-order valence-corrected chi connectivity index (χ2v) is 4.78. The number of para-hydroxylation sites is 1. The van der Waals surface area contributed by atoms with Gasteiger partial charge in [-0.2, -0.15) is 0 Å². The number of hydrogen-bond acceptors (Lipinski definition) is 2. The number of ketones is 1. The number of allylic oxidation sites excluding steroid dienone is 1. The Morgan fingerprint density at radius 1 is 0.857 bits per heavy atom. The third-order valence-electron chi connectivity index (χ3n) is 3.41. The van der Waals surface area contributed by atoms with Gasteiger partial charge in [0.05, 0.1) is 0 Å². The van der Waals surface area contributed by atoms with Crippen LogP contribution in [-0.4, -0.2) is 10.9 Å². The lowest BCUT2D eigenvalue weighted by Gasteiger charge is -2.03. The van der Waals surface area contributed by atoms with Gasteiger partial charge in [0.25, 0.3) is 0 Å². The number of fused-ring (bicyclic) bond motifs is 1. The van der Waals surface area contributed by atoms with Crippen molar-refractivity contribution < 1.29 is 9.90 Å². The molecular formula is C19H14O2. The van der Waals surface area contributed by atoms with Gasteiger partial charge in [-0.05, 0) is 29.0 Å². The van der Waals surface area contributed by atoms with Crippen molar-refractivity contribution in [1.82, 2.24) is 0 Å². The van der Waals surface area contributed by atoms with Crippen molar-refractivity contribution in [2.75, 3.05) is 0 Å². The van der Waals surface area contributed by atoms with Crippen LogP contribution >= 0.6 is 0 Å². The summed E-state index contributed by atoms with van der Waals surface area (Å²) >= 11 is 0. The molecular weight excluding hydrogens is 260 g/mol. The average Bonchev–Trinajstić information content (AvgIpc) is 2.53. The molecule has 0 heterocycles. The van der Waals surface area contributed by atoms with Gasteiger partial charge in [0.15, 0.2) is 5.78 Å². The first-order valence-corrected chi connectivity index (χ1v) is 6.74. The summed E-state index contributed by atoms with van der Waals surface area (Å²) in [5.74, 6) is 0.0922. The molecule has 3 aromatic carbocycles. The smallest absolute Gasteiger partial charge is 0.186 e. The summed E-state index contributed by atoms with van der Waals surface area (Å²) in [5, 5.41) is 11.7. The molecule has 0 unspecified atom stereocenters. The van der Waals surface area contributed by atoms with E-state index in [2.05, 4.69) is 0 Å². The van der Waals surface area contributed by atoms with Crippen LogP contribution in [0.4, 0.5) is 0 Å². The molecule has 0 bridgehead atoms. The van der Waals surface area contributed by atoms with Crippen LogP contribution in [0.5, 0.6) is 5.75 Å². The summed E-state index contributed by atoms with van der Waals surface area (Å²) < 4.78 is 0. The van der Waals surface area contributed by atoms with Crippen LogP contribution in [0.25, 0.3) is 16.8 Å². The third-order valence-corrected chi connectivity index (χ3v) is 3.41. The van der Waals surface area contributed by atoms with E-state index in [1.165, 1.54) is 6.08 Å². The summed E-state index contributed by atoms with van der Waals surface area (Å²) in [4.78, 5) is 12.4. The molecule has 0 fully saturated rings. The lowest BCUT2D eigenvalue weighted by Crippen LogP contribution is -1.95. The van der Waals surface area contributed by atoms with E-state index in [1.807, 2.05) is 48.5 Å². The van der Waals surface area contributed by atoms with Gasteiger partial charge >= 0.3 is 0 Å². The summed E-state index contributed by atoms with van der Waals surface area (Å²) in [6, 6.07) is 20.4. The number of phenols is 1. The number of carbonyl (C=O) groups is 1. The Morgan fingerprint density at radius 3 is 2.43 bits per heavy atom. The fraction of sp³-hybridized carbons (Fsp3) is 0. The Labute approximate surface area is 123 Å². The summed E-state index contributed by atoms with van der Waals surface area (Å²) in [7, 11) is 0. The van der Waals surface area contributed by atoms with Gasteiger partial charge in [0.2, 0.25) is 0 Å². The van der Waals surface area contributed by atoms with E-state index in [0.29, 0.717) is 11.1 Å². The van der Waals surface area contributed by atoms with E-state index in [0.717, 1.165) is 10.8 Å². The van der Waals surface area contributed by atoms with Crippen molar-refractivity contribution in [3.8, 4) is 5.75 Å². The van der Waals surface area contributed by atoms with Crippen LogP contribution in [0.2, 0.25) is 0 Å². The Kier molecular flexibility index (Phi) is 3.52. The molecule has 2 nitrogen and oxygen atoms in total. The van der Waals surface area contributed by atoms with Gasteiger partial charge < -0.3 is 5.11 Å². The zero-order chi connectivity index (χ0) is 14.7. The standard InChI is InChI=1S/C19H14O2/c20-18-11-4-2-7-15(18)12-13-19(21)17-10-5-8-14-6-1-3-9-16(14)17/h1-13,20H/b13-12+. The zero-order valence-electron chi connectivity index (χ0n) is 11.4. The molecule has 0 atom stereocenters. The number of carbonyl (C=O) groups excluding carboxylic acids is 1. The molecule has 3 aromatic rings. The summed E-state index contributed by atoms with van der Waals surface area (Å²) in [5.41, 5.74) is 1.30. The fourth-order valence-corrected chi connectivity index (χ4v) is 2.32. The molecule has 2 heteroatoms. The third kappa shape index (κ3) is 2.70. The lowest BCUT2D eigenvalue weighted by molar-refractivity contribution is 0.104. The van der Waals surface area contributed by atoms with Gasteiger partial charge in [-0.25, -0.2) is 0 Å². The lowest BCUT2D eigenvalue weighted by atomic mass is 10.0. The minimum absolute atomic E-state index is 0.0740. The molecule has 0 aliphatic carbocycles. The van der Waals surface area contributed by atoms with E-state index in [-0.39, 0.29) is 11.5 Å². The largest absolute Gasteiger partial charge is 0.507 e. The first-order chi connectivity index (χ1) is 10.3. The van der Waals surface area contributed by atoms with Crippen molar-refractivity contribution in [3.05, 3.63) is 83.9 Å². The topological polar surface area (TPSA) is 37.3 Å². The maximum Gasteiger partial charge on any atom is 0.186 e. The van der Waals surface area contributed by atoms with Crippen molar-refractivity contribution in [3.63, 3.8) is 0 Å². The molecule has 0 aromatic heterocycles. The highest BCUT2D eigenvalue weighted by molar-refractivity contribution is 6.14. The van der Waals surface area contributed by atoms with Crippen molar-refractivity contribution in [2.24, 2.45) is 0 Å². The molecule has 0 aliphatic heterocycles. The molecule has 0 amide bonds. The molecule has 3 rings (SSSR count). The second-order valence-electron chi connectivity index (χ2n) is 4.78. The molecule has 0 saturated heterocycles. The molecule has 21 heavy (non-hydrogen) atoms. The first kappa shape index (κ1) is 13.1. The first-order valence-electron chi connectivity index (χ1n) is 6.74. The Hall–Kier alpha value is -2.87. The van der Waals surface area contributed by atoms with Crippen molar-refractivity contribution in [1.29, 1.82) is 0 Å². The molecule has 0 aliphatic rings. The molecule has 0 radical (unpaired) electrons. The molecule has 0 spiro atoms. The van der Waals surface area contributed by atoms with Crippen LogP contribution < -0.4 is 0 Å². The van der Waals surface area contributed by atoms with Gasteiger partial charge in [0, 0.05) is 11.1 Å². The van der Waals surface area contributed by atoms with Gasteiger partial charge in [-0.3, -0.25) is 4.79 Å². The Bertz CT molecular complexity index is 826. The average molecular weight is 274 g/mol. The van der Waals surface area contributed by atoms with Crippen molar-refractivity contribution >= 4 is 22.6 Å². The zero-order valence-corrected chi connectivity index (χ0v) is 11.4. The molecule has 1 N–H and O–H groups in total. The Morgan fingerprint density at radius 2 is 1.57 bits per heavy atom. The van der Waals surface area contributed by atoms with Gasteiger partial charge in [-0.15, -0.1) is 0 Å². The quantitative estimate of drug-likeness (QED) is 0.566. The van der Waals surface area contributed by atoms with Crippen LogP contribution in [0.15, 0.2) is 72.8 Å². The maximum atomic E-state index is 12.4. The highest BCUT2D eigenvalue weighted by Crippen LogP contribution is 2.21. The number of hydrogen-bond donors (Lipinski definition) is 1. The van der Waals surface area contributed by atoms with E-state index >= 15 is 0 Å². The van der Waals surface area contributed by atoms with Crippen LogP contribution in [0.1, 0.15) is 15.9 Å². The van der Waals surface area contributed by atoms with Gasteiger partial charge in [-0.1, -0.05) is 60.7 Å². The van der Waals surface area contributed by atoms with Crippen molar-refractivity contribution in [2.45, 2.75) is 0 Å². The van der Waals surface area contributed by atoms with E-state index in [9.17, 15) is 9.90 Å². The second kappa shape index (κ2) is 5.63. The van der Waals surface area contributed by atoms with E-state index in [4.69, 9.17) is 0 Å². The fourth-order valence-electron chi connectivity index (χ4n) is 2.32. The van der Waals surface area contributed by atoms with Crippen LogP contribution in [-0.2, 0) is 0 Å². The number of phenolic OH excluding ortho intramolecular Hbond substituents is 1. The van der Waals surface area contributed by atoms with E-state index in [1.54, 1.807) is 24.3 Å². The number of aromatic hydroxyl groups is 1. The van der Waals surface area contributed by atoms with Gasteiger partial charge in [0.1, 0.15) is 5.75 Å². The predicted octanol–water partition coefficient (Wildman–Crippen LogP) is 4.44. The number of benzene rings is 3. The highest BCUT2D eigenvalue weighted by atomic mass is 16.3. The minimum atomic E-state index is -0.0740. The molecule has 102 valence electrons.